The van der Waals surface area contributed by atoms with E-state index in [1.807, 2.05) is 0 Å². The van der Waals surface area contributed by atoms with Crippen LogP contribution in [0.4, 0.5) is 0 Å². The molecule has 0 N–H and O–H groups in total. The van der Waals surface area contributed by atoms with Crippen LogP contribution < -0.4 is 0 Å². The predicted molar refractivity (Wildman–Crippen MR) is 390 cm³/mol. The summed E-state index contributed by atoms with van der Waals surface area (Å²) in [6.07, 6.45) is 0. The van der Waals surface area contributed by atoms with Gasteiger partial charge in [-0.15, -0.1) is 0 Å². The van der Waals surface area contributed by atoms with Gasteiger partial charge in [0.25, 0.3) is 0 Å². The Morgan fingerprint density at radius 2 is 0.484 bits per heavy atom. The number of rotatable bonds is 11. The van der Waals surface area contributed by atoms with Crippen LogP contribution in [-0.4, -0.2) is 9.13 Å². The molecule has 17 aromatic rings. The van der Waals surface area contributed by atoms with Gasteiger partial charge in [-0.25, -0.2) is 0 Å². The van der Waals surface area contributed by atoms with Crippen molar-refractivity contribution in [2.45, 2.75) is 5.41 Å². The van der Waals surface area contributed by atoms with Crippen molar-refractivity contribution >= 4 is 43.6 Å². The van der Waals surface area contributed by atoms with Gasteiger partial charge in [-0.3, -0.25) is 0 Å². The van der Waals surface area contributed by atoms with Crippen LogP contribution in [0, 0.1) is 0 Å². The van der Waals surface area contributed by atoms with Crippen molar-refractivity contribution in [2.24, 2.45) is 0 Å². The highest BCUT2D eigenvalue weighted by molar-refractivity contribution is 6.13. The Labute approximate surface area is 541 Å². The quantitative estimate of drug-likeness (QED) is 0.122. The lowest BCUT2D eigenvalue weighted by atomic mass is 9.65. The van der Waals surface area contributed by atoms with Crippen molar-refractivity contribution in [3.8, 4) is 100 Å². The van der Waals surface area contributed by atoms with E-state index in [4.69, 9.17) is 0 Å². The third kappa shape index (κ3) is 8.71. The maximum atomic E-state index is 2.46. The second-order valence-corrected chi connectivity index (χ2v) is 24.6. The third-order valence-corrected chi connectivity index (χ3v) is 19.7. The average Bonchev–Trinajstić information content (AvgIpc) is 1.57. The van der Waals surface area contributed by atoms with Crippen LogP contribution in [-0.2, 0) is 5.41 Å². The Balaban J connectivity index is 0.677. The van der Waals surface area contributed by atoms with Gasteiger partial charge in [-0.2, -0.15) is 0 Å². The lowest BCUT2D eigenvalue weighted by Gasteiger charge is -2.36. The molecule has 0 amide bonds. The molecule has 0 radical (unpaired) electrons. The van der Waals surface area contributed by atoms with Gasteiger partial charge in [0.05, 0.1) is 38.9 Å². The Bertz CT molecular complexity index is 5680. The van der Waals surface area contributed by atoms with Gasteiger partial charge in [0.1, 0.15) is 0 Å². The fraction of sp³-hybridized carbons (Fsp3) is 0.0110. The minimum Gasteiger partial charge on any atom is -0.309 e. The molecular weight excluding hydrogens is 1120 g/mol. The zero-order valence-electron chi connectivity index (χ0n) is 51.0. The van der Waals surface area contributed by atoms with Crippen LogP contribution in [0.25, 0.3) is 144 Å². The molecule has 15 aromatic carbocycles. The first kappa shape index (κ1) is 53.9. The van der Waals surface area contributed by atoms with Crippen LogP contribution in [0.15, 0.2) is 364 Å². The highest BCUT2D eigenvalue weighted by atomic mass is 15.0. The van der Waals surface area contributed by atoms with Crippen LogP contribution in [0.2, 0.25) is 0 Å². The van der Waals surface area contributed by atoms with Crippen molar-refractivity contribution in [3.63, 3.8) is 0 Å². The van der Waals surface area contributed by atoms with E-state index < -0.39 is 5.41 Å². The van der Waals surface area contributed by atoms with E-state index in [-0.39, 0.29) is 0 Å². The van der Waals surface area contributed by atoms with E-state index >= 15 is 0 Å². The minimum absolute atomic E-state index is 0.603. The molecule has 0 bridgehead atoms. The number of hydrogen-bond acceptors (Lipinski definition) is 0. The van der Waals surface area contributed by atoms with Gasteiger partial charge in [0, 0.05) is 32.7 Å². The first-order valence-electron chi connectivity index (χ1n) is 32.2. The number of fused-ring (bicyclic) bond motifs is 9. The molecule has 18 rings (SSSR count). The second kappa shape index (κ2) is 22.1. The van der Waals surface area contributed by atoms with E-state index in [9.17, 15) is 0 Å². The normalized spacial score (nSPS) is 12.4. The summed E-state index contributed by atoms with van der Waals surface area (Å²) in [5, 5.41) is 4.92. The van der Waals surface area contributed by atoms with E-state index in [1.165, 1.54) is 161 Å². The Hall–Kier alpha value is -12.1. The molecule has 1 aliphatic carbocycles. The SMILES string of the molecule is c1ccc(-c2ccccc2-c2ccccc2C2(c3cccc(-c4ccc(-c5ccc(-c6ccccc6-n6c7ccccc7c7cc(-c8ccc9c(c8)c8ccccc8n9-c8ccccc8-c8ccccc8)ccc76)cc5)cc4)c3)c3ccccc3-c3ccccc32)cc1. The van der Waals surface area contributed by atoms with Crippen LogP contribution in [0.5, 0.6) is 0 Å². The number of nitrogens with zero attached hydrogens (tertiary/aromatic N) is 2. The first-order chi connectivity index (χ1) is 46.2. The lowest BCUT2D eigenvalue weighted by Crippen LogP contribution is -2.29. The summed E-state index contributed by atoms with van der Waals surface area (Å²) in [7, 11) is 0. The molecule has 2 nitrogen and oxygen atoms in total. The van der Waals surface area contributed by atoms with Gasteiger partial charge in [-0.1, -0.05) is 309 Å². The fourth-order valence-electron chi connectivity index (χ4n) is 15.5. The van der Waals surface area contributed by atoms with Crippen molar-refractivity contribution < 1.29 is 0 Å². The van der Waals surface area contributed by atoms with Crippen molar-refractivity contribution in [2.75, 3.05) is 0 Å². The number of aromatic nitrogens is 2. The van der Waals surface area contributed by atoms with E-state index in [0.717, 1.165) is 5.69 Å². The van der Waals surface area contributed by atoms with Crippen LogP contribution in [0.1, 0.15) is 22.3 Å². The molecule has 0 unspecified atom stereocenters. The molecule has 0 saturated carbocycles. The molecule has 0 saturated heterocycles. The zero-order chi connectivity index (χ0) is 61.4. The van der Waals surface area contributed by atoms with Crippen molar-refractivity contribution in [3.05, 3.63) is 386 Å². The molecular formula is C91H60N2. The van der Waals surface area contributed by atoms with Gasteiger partial charge >= 0.3 is 0 Å². The van der Waals surface area contributed by atoms with E-state index in [1.54, 1.807) is 0 Å². The molecule has 2 aromatic heterocycles. The lowest BCUT2D eigenvalue weighted by molar-refractivity contribution is 0.771. The monoisotopic (exact) mass is 1180 g/mol. The molecule has 0 atom stereocenters. The fourth-order valence-corrected chi connectivity index (χ4v) is 15.5. The smallest absolute Gasteiger partial charge is 0.0719 e. The molecule has 434 valence electrons. The number of benzene rings is 15. The van der Waals surface area contributed by atoms with Crippen molar-refractivity contribution in [1.29, 1.82) is 0 Å². The second-order valence-electron chi connectivity index (χ2n) is 24.6. The van der Waals surface area contributed by atoms with Crippen molar-refractivity contribution in [1.82, 2.24) is 9.13 Å². The van der Waals surface area contributed by atoms with E-state index in [2.05, 4.69) is 373 Å². The molecule has 2 heterocycles. The summed E-state index contributed by atoms with van der Waals surface area (Å²) in [6.45, 7) is 0. The van der Waals surface area contributed by atoms with Gasteiger partial charge < -0.3 is 9.13 Å². The highest BCUT2D eigenvalue weighted by Crippen LogP contribution is 2.58. The minimum atomic E-state index is -0.603. The number of para-hydroxylation sites is 4. The van der Waals surface area contributed by atoms with E-state index in [0.29, 0.717) is 0 Å². The largest absolute Gasteiger partial charge is 0.309 e. The Kier molecular flexibility index (Phi) is 12.8. The van der Waals surface area contributed by atoms with Crippen LogP contribution in [0.3, 0.4) is 0 Å². The summed E-state index contributed by atoms with van der Waals surface area (Å²) < 4.78 is 4.90. The molecule has 93 heavy (non-hydrogen) atoms. The summed E-state index contributed by atoms with van der Waals surface area (Å²) in [5.74, 6) is 0. The Morgan fingerprint density at radius 3 is 0.978 bits per heavy atom. The average molecular weight is 1180 g/mol. The van der Waals surface area contributed by atoms with Gasteiger partial charge in [-0.05, 0) is 155 Å². The maximum absolute atomic E-state index is 2.46. The Morgan fingerprint density at radius 1 is 0.172 bits per heavy atom. The highest BCUT2D eigenvalue weighted by Gasteiger charge is 2.47. The molecule has 0 spiro atoms. The van der Waals surface area contributed by atoms with Gasteiger partial charge in [0.15, 0.2) is 0 Å². The summed E-state index contributed by atoms with van der Waals surface area (Å²) in [5.41, 5.74) is 30.8. The predicted octanol–water partition coefficient (Wildman–Crippen LogP) is 23.9. The topological polar surface area (TPSA) is 9.86 Å². The van der Waals surface area contributed by atoms with Crippen LogP contribution >= 0.6 is 0 Å². The summed E-state index contributed by atoms with van der Waals surface area (Å²) in [6, 6.07) is 135. The molecule has 2 heteroatoms. The van der Waals surface area contributed by atoms with Gasteiger partial charge in [0.2, 0.25) is 0 Å². The zero-order valence-corrected chi connectivity index (χ0v) is 51.0. The first-order valence-corrected chi connectivity index (χ1v) is 32.2. The molecule has 0 fully saturated rings. The third-order valence-electron chi connectivity index (χ3n) is 19.7. The summed E-state index contributed by atoms with van der Waals surface area (Å²) >= 11 is 0. The standard InChI is InChI=1S/C91H60N2/c1-3-24-64(25-4-1)71-30-7-8-33-74(71)75-34-9-16-39-82(75)91(83-40-17-10-35-76(83)77-36-11-18-41-84(77)91)70-29-23-28-67(58-70)63-48-46-61(47-49-63)62-50-52-66(53-51-62)73-32-13-20-43-86(73)93-88-45-22-15-38-79(88)81-60-69(55-57-90(81)93)68-54-56-89-80(59-68)78-37-14-21-44-87(78)92(89)85-42-19-12-31-72(85)65-26-5-2-6-27-65/h1-60H. The maximum Gasteiger partial charge on any atom is 0.0719 e. The molecule has 1 aliphatic rings. The molecule has 0 aliphatic heterocycles. The number of hydrogen-bond donors (Lipinski definition) is 0. The summed E-state index contributed by atoms with van der Waals surface area (Å²) in [4.78, 5) is 0.